The highest BCUT2D eigenvalue weighted by Crippen LogP contribution is 2.36. The van der Waals surface area contributed by atoms with Gasteiger partial charge in [-0.25, -0.2) is 9.97 Å². The molecule has 0 radical (unpaired) electrons. The zero-order valence-electron chi connectivity index (χ0n) is 20.3. The van der Waals surface area contributed by atoms with Gasteiger partial charge in [0.25, 0.3) is 0 Å². The van der Waals surface area contributed by atoms with Crippen molar-refractivity contribution >= 4 is 0 Å². The number of benzene rings is 2. The Hall–Kier alpha value is -3.55. The maximum absolute atomic E-state index is 9.44. The Morgan fingerprint density at radius 1 is 1.00 bits per heavy atom. The lowest BCUT2D eigenvalue weighted by atomic mass is 10.00. The summed E-state index contributed by atoms with van der Waals surface area (Å²) in [6.45, 7) is 8.11. The summed E-state index contributed by atoms with van der Waals surface area (Å²) >= 11 is 0. The number of aliphatic hydroxyl groups excluding tert-OH is 1. The average Bonchev–Trinajstić information content (AvgIpc) is 3.27. The predicted molar refractivity (Wildman–Crippen MR) is 136 cm³/mol. The third-order valence-corrected chi connectivity index (χ3v) is 6.49. The lowest BCUT2D eigenvalue weighted by Crippen LogP contribution is -2.35. The number of aliphatic hydroxyl groups is 1. The smallest absolute Gasteiger partial charge is 0.119 e. The van der Waals surface area contributed by atoms with E-state index in [1.54, 1.807) is 12.5 Å². The van der Waals surface area contributed by atoms with Gasteiger partial charge in [-0.1, -0.05) is 50.2 Å². The first-order valence-corrected chi connectivity index (χ1v) is 12.1. The Labute approximate surface area is 206 Å². The zero-order valence-corrected chi connectivity index (χ0v) is 20.3. The van der Waals surface area contributed by atoms with E-state index in [2.05, 4.69) is 69.8 Å². The van der Waals surface area contributed by atoms with Crippen molar-refractivity contribution in [1.29, 1.82) is 0 Å². The van der Waals surface area contributed by atoms with E-state index in [0.717, 1.165) is 59.2 Å². The van der Waals surface area contributed by atoms with Gasteiger partial charge >= 0.3 is 0 Å². The van der Waals surface area contributed by atoms with E-state index in [-0.39, 0.29) is 6.61 Å². The van der Waals surface area contributed by atoms with Crippen LogP contribution in [0.1, 0.15) is 36.6 Å². The summed E-state index contributed by atoms with van der Waals surface area (Å²) in [5.74, 6) is 1.35. The van der Waals surface area contributed by atoms with Gasteiger partial charge in [-0.15, -0.1) is 0 Å². The van der Waals surface area contributed by atoms with Gasteiger partial charge in [0.1, 0.15) is 24.4 Å². The van der Waals surface area contributed by atoms with Gasteiger partial charge in [-0.2, -0.15) is 5.10 Å². The highest BCUT2D eigenvalue weighted by molar-refractivity contribution is 5.81. The number of fused-ring (bicyclic) bond motifs is 1. The normalized spacial score (nSPS) is 13.7. The number of β-amino-alcohol motifs (C(OH)–C–C–N with tert-alkyl or cyclic N) is 1. The highest BCUT2D eigenvalue weighted by Gasteiger charge is 2.26. The van der Waals surface area contributed by atoms with E-state index in [1.165, 1.54) is 5.56 Å². The maximum Gasteiger partial charge on any atom is 0.119 e. The second-order valence-corrected chi connectivity index (χ2v) is 9.20. The van der Waals surface area contributed by atoms with Crippen LogP contribution in [0.25, 0.3) is 22.5 Å². The topological polar surface area (TPSA) is 76.3 Å². The van der Waals surface area contributed by atoms with Crippen LogP contribution in [0.15, 0.2) is 67.1 Å². The highest BCUT2D eigenvalue weighted by atomic mass is 16.5. The maximum atomic E-state index is 9.44. The van der Waals surface area contributed by atoms with Crippen molar-refractivity contribution in [2.45, 2.75) is 39.5 Å². The van der Waals surface area contributed by atoms with Gasteiger partial charge in [0.05, 0.1) is 24.5 Å². The summed E-state index contributed by atoms with van der Waals surface area (Å²) in [7, 11) is 0. The summed E-state index contributed by atoms with van der Waals surface area (Å²) in [6, 6.07) is 18.7. The molecular weight excluding hydrogens is 438 g/mol. The van der Waals surface area contributed by atoms with E-state index in [9.17, 15) is 5.11 Å². The van der Waals surface area contributed by atoms with E-state index in [4.69, 9.17) is 9.84 Å². The lowest BCUT2D eigenvalue weighted by Gasteiger charge is -2.27. The summed E-state index contributed by atoms with van der Waals surface area (Å²) in [5.41, 5.74) is 7.42. The van der Waals surface area contributed by atoms with E-state index in [1.807, 2.05) is 18.2 Å². The van der Waals surface area contributed by atoms with Gasteiger partial charge in [-0.3, -0.25) is 9.58 Å². The SMILES string of the molecule is CC(C)c1ccc(COc2ccc(-c3c(-c4ccncn4)nn4c3CN(CCO)CC4)cc2)cc1. The van der Waals surface area contributed by atoms with Gasteiger partial charge in [-0.05, 0) is 40.8 Å². The molecule has 0 bridgehead atoms. The quantitative estimate of drug-likeness (QED) is 0.409. The van der Waals surface area contributed by atoms with Crippen LogP contribution in [-0.2, 0) is 19.7 Å². The first-order chi connectivity index (χ1) is 17.1. The van der Waals surface area contributed by atoms with Crippen molar-refractivity contribution in [2.75, 3.05) is 19.7 Å². The van der Waals surface area contributed by atoms with Crippen LogP contribution in [0.3, 0.4) is 0 Å². The standard InChI is InChI=1S/C28H31N5O2/c1-20(2)22-5-3-21(4-6-22)18-35-24-9-7-23(8-10-24)27-26-17-32(15-16-34)13-14-33(26)31-28(27)25-11-12-29-19-30-25/h3-12,19-20,34H,13-18H2,1-2H3. The molecule has 0 atom stereocenters. The molecule has 0 amide bonds. The van der Waals surface area contributed by atoms with Crippen LogP contribution in [0.2, 0.25) is 0 Å². The number of rotatable bonds is 8. The fourth-order valence-corrected chi connectivity index (χ4v) is 4.50. The molecule has 180 valence electrons. The Kier molecular flexibility index (Phi) is 6.88. The van der Waals surface area contributed by atoms with Crippen LogP contribution in [-0.4, -0.2) is 49.5 Å². The summed E-state index contributed by atoms with van der Waals surface area (Å²) in [4.78, 5) is 10.8. The van der Waals surface area contributed by atoms with Gasteiger partial charge < -0.3 is 9.84 Å². The molecule has 35 heavy (non-hydrogen) atoms. The largest absolute Gasteiger partial charge is 0.489 e. The minimum atomic E-state index is 0.147. The summed E-state index contributed by atoms with van der Waals surface area (Å²) in [5, 5.41) is 14.4. The van der Waals surface area contributed by atoms with Crippen molar-refractivity contribution in [3.8, 4) is 28.3 Å². The molecule has 4 aromatic rings. The second kappa shape index (κ2) is 10.4. The van der Waals surface area contributed by atoms with Crippen molar-refractivity contribution in [3.05, 3.63) is 83.9 Å². The molecule has 1 aliphatic heterocycles. The number of hydrogen-bond acceptors (Lipinski definition) is 6. The van der Waals surface area contributed by atoms with Crippen LogP contribution < -0.4 is 4.74 Å². The molecule has 2 aromatic heterocycles. The molecule has 0 saturated carbocycles. The molecule has 1 N–H and O–H groups in total. The van der Waals surface area contributed by atoms with Crippen LogP contribution in [0.5, 0.6) is 5.75 Å². The second-order valence-electron chi connectivity index (χ2n) is 9.20. The van der Waals surface area contributed by atoms with Gasteiger partial charge in [0.15, 0.2) is 0 Å². The van der Waals surface area contributed by atoms with E-state index >= 15 is 0 Å². The molecule has 0 saturated heterocycles. The van der Waals surface area contributed by atoms with Gasteiger partial charge in [0.2, 0.25) is 0 Å². The molecule has 0 fully saturated rings. The number of ether oxygens (including phenoxy) is 1. The first-order valence-electron chi connectivity index (χ1n) is 12.1. The molecule has 7 nitrogen and oxygen atoms in total. The average molecular weight is 470 g/mol. The Morgan fingerprint density at radius 2 is 1.80 bits per heavy atom. The summed E-state index contributed by atoms with van der Waals surface area (Å²) in [6.07, 6.45) is 3.30. The molecule has 0 unspecified atom stereocenters. The van der Waals surface area contributed by atoms with Crippen LogP contribution in [0.4, 0.5) is 0 Å². The van der Waals surface area contributed by atoms with Crippen molar-refractivity contribution < 1.29 is 9.84 Å². The molecule has 1 aliphatic rings. The minimum absolute atomic E-state index is 0.147. The number of nitrogens with zero attached hydrogens (tertiary/aromatic N) is 5. The van der Waals surface area contributed by atoms with Crippen molar-refractivity contribution in [1.82, 2.24) is 24.6 Å². The monoisotopic (exact) mass is 469 g/mol. The summed E-state index contributed by atoms with van der Waals surface area (Å²) < 4.78 is 8.14. The molecule has 3 heterocycles. The third kappa shape index (κ3) is 5.11. The van der Waals surface area contributed by atoms with E-state index in [0.29, 0.717) is 19.1 Å². The fourth-order valence-electron chi connectivity index (χ4n) is 4.50. The molecule has 0 aliphatic carbocycles. The Morgan fingerprint density at radius 3 is 2.49 bits per heavy atom. The van der Waals surface area contributed by atoms with Gasteiger partial charge in [0, 0.05) is 31.4 Å². The van der Waals surface area contributed by atoms with Crippen LogP contribution >= 0.6 is 0 Å². The lowest BCUT2D eigenvalue weighted by molar-refractivity contribution is 0.164. The molecule has 7 heteroatoms. The predicted octanol–water partition coefficient (Wildman–Crippen LogP) is 4.52. The minimum Gasteiger partial charge on any atom is -0.489 e. The fraction of sp³-hybridized carbons (Fsp3) is 0.321. The first kappa shape index (κ1) is 23.2. The molecule has 2 aromatic carbocycles. The number of hydrogen-bond donors (Lipinski definition) is 1. The van der Waals surface area contributed by atoms with Crippen LogP contribution in [0, 0.1) is 0 Å². The Bertz CT molecular complexity index is 1250. The molecule has 0 spiro atoms. The molecular formula is C28H31N5O2. The Balaban J connectivity index is 1.40. The molecule has 5 rings (SSSR count). The van der Waals surface area contributed by atoms with Crippen molar-refractivity contribution in [2.24, 2.45) is 0 Å². The zero-order chi connectivity index (χ0) is 24.2. The number of aromatic nitrogens is 4. The van der Waals surface area contributed by atoms with E-state index < -0.39 is 0 Å². The third-order valence-electron chi connectivity index (χ3n) is 6.49. The van der Waals surface area contributed by atoms with Crippen molar-refractivity contribution in [3.63, 3.8) is 0 Å².